The topological polar surface area (TPSA) is 77.8 Å². The lowest BCUT2D eigenvalue weighted by Gasteiger charge is -2.55. The van der Waals surface area contributed by atoms with Crippen LogP contribution in [0.25, 0.3) is 0 Å². The highest BCUT2D eigenvalue weighted by Crippen LogP contribution is 2.58. The molecule has 1 aromatic carbocycles. The van der Waals surface area contributed by atoms with Crippen LogP contribution < -0.4 is 0 Å². The molecule has 0 heterocycles. The zero-order valence-corrected chi connectivity index (χ0v) is 15.8. The monoisotopic (exact) mass is 366 g/mol. The Morgan fingerprint density at radius 1 is 1.36 bits per heavy atom. The van der Waals surface area contributed by atoms with Crippen molar-refractivity contribution in [3.63, 3.8) is 0 Å². The van der Waals surface area contributed by atoms with Gasteiger partial charge in [-0.05, 0) is 66.7 Å². The lowest BCUT2D eigenvalue weighted by molar-refractivity contribution is -0.162. The molecule has 5 heteroatoms. The van der Waals surface area contributed by atoms with E-state index in [4.69, 9.17) is 11.6 Å². The molecule has 1 aromatic rings. The fraction of sp³-hybridized carbons (Fsp3) is 0.650. The van der Waals surface area contributed by atoms with Gasteiger partial charge in [0.2, 0.25) is 0 Å². The molecule has 1 fully saturated rings. The van der Waals surface area contributed by atoms with E-state index in [2.05, 4.69) is 13.0 Å². The molecule has 2 aliphatic carbocycles. The van der Waals surface area contributed by atoms with Gasteiger partial charge in [-0.2, -0.15) is 0 Å². The molecule has 0 saturated heterocycles. The molecule has 0 bridgehead atoms. The molecule has 0 aromatic heterocycles. The van der Waals surface area contributed by atoms with Crippen LogP contribution >= 0.6 is 11.6 Å². The summed E-state index contributed by atoms with van der Waals surface area (Å²) >= 11 is 6.51. The normalized spacial score (nSPS) is 35.6. The summed E-state index contributed by atoms with van der Waals surface area (Å²) in [6.45, 7) is 5.82. The molecule has 2 aliphatic rings. The summed E-state index contributed by atoms with van der Waals surface area (Å²) in [5, 5.41) is 30.4. The first kappa shape index (κ1) is 18.7. The van der Waals surface area contributed by atoms with Crippen LogP contribution in [0.4, 0.5) is 0 Å². The molecule has 138 valence electrons. The van der Waals surface area contributed by atoms with E-state index < -0.39 is 22.9 Å². The third-order valence-corrected chi connectivity index (χ3v) is 7.02. The number of aliphatic hydroxyl groups excluding tert-OH is 2. The Bertz CT molecular complexity index is 703. The molecule has 0 amide bonds. The van der Waals surface area contributed by atoms with Crippen molar-refractivity contribution in [3.05, 3.63) is 33.8 Å². The zero-order chi connectivity index (χ0) is 18.6. The number of hydrogen-bond donors (Lipinski definition) is 3. The Balaban J connectivity index is 2.13. The van der Waals surface area contributed by atoms with Gasteiger partial charge < -0.3 is 15.3 Å². The van der Waals surface area contributed by atoms with Crippen LogP contribution in [0.3, 0.4) is 0 Å². The van der Waals surface area contributed by atoms with Gasteiger partial charge in [0.25, 0.3) is 0 Å². The molecule has 3 rings (SSSR count). The molecule has 0 unspecified atom stereocenters. The molecule has 0 radical (unpaired) electrons. The number of aliphatic carboxylic acids is 1. The maximum atomic E-state index is 12.0. The third kappa shape index (κ3) is 2.79. The average molecular weight is 367 g/mol. The summed E-state index contributed by atoms with van der Waals surface area (Å²) < 4.78 is 0. The molecule has 25 heavy (non-hydrogen) atoms. The van der Waals surface area contributed by atoms with E-state index in [-0.39, 0.29) is 18.4 Å². The summed E-state index contributed by atoms with van der Waals surface area (Å²) in [5.41, 5.74) is 1.81. The Labute approximate surface area is 153 Å². The van der Waals surface area contributed by atoms with E-state index in [0.717, 1.165) is 24.0 Å². The van der Waals surface area contributed by atoms with Crippen molar-refractivity contribution in [1.29, 1.82) is 0 Å². The van der Waals surface area contributed by atoms with Gasteiger partial charge in [-0.1, -0.05) is 31.5 Å². The molecular formula is C20H27ClO4. The number of carboxylic acid groups (broad SMARTS) is 1. The zero-order valence-electron chi connectivity index (χ0n) is 15.1. The van der Waals surface area contributed by atoms with Gasteiger partial charge in [0, 0.05) is 17.5 Å². The molecule has 0 aliphatic heterocycles. The van der Waals surface area contributed by atoms with Crippen LogP contribution in [0, 0.1) is 11.3 Å². The van der Waals surface area contributed by atoms with Crippen LogP contribution in [0.5, 0.6) is 0 Å². The van der Waals surface area contributed by atoms with Crippen molar-refractivity contribution in [2.45, 2.75) is 63.9 Å². The fourth-order valence-corrected chi connectivity index (χ4v) is 5.71. The smallest absolute Gasteiger partial charge is 0.309 e. The van der Waals surface area contributed by atoms with Crippen molar-refractivity contribution in [1.82, 2.24) is 0 Å². The van der Waals surface area contributed by atoms with Crippen LogP contribution in [-0.4, -0.2) is 34.0 Å². The summed E-state index contributed by atoms with van der Waals surface area (Å²) in [4.78, 5) is 12.0. The maximum absolute atomic E-state index is 12.0. The van der Waals surface area contributed by atoms with Crippen molar-refractivity contribution >= 4 is 17.6 Å². The van der Waals surface area contributed by atoms with Gasteiger partial charge in [0.1, 0.15) is 0 Å². The number of carbonyl (C=O) groups is 1. The average Bonchev–Trinajstić information content (AvgIpc) is 2.53. The lowest BCUT2D eigenvalue weighted by Crippen LogP contribution is -2.56. The van der Waals surface area contributed by atoms with Crippen molar-refractivity contribution in [2.75, 3.05) is 6.61 Å². The summed E-state index contributed by atoms with van der Waals surface area (Å²) in [5.74, 6) is -0.905. The molecule has 0 spiro atoms. The summed E-state index contributed by atoms with van der Waals surface area (Å²) in [6.07, 6.45) is 1.80. The number of benzene rings is 1. The SMILES string of the molecule is C[C@H](CO)c1cc2c(cc1Cl)[C@@]1(C)C[C@@H](O)C[C@@](C)(C(=O)O)[C@@H]1CC2. The first-order valence-electron chi connectivity index (χ1n) is 8.98. The number of rotatable bonds is 3. The molecule has 5 atom stereocenters. The second-order valence-corrected chi connectivity index (χ2v) is 8.82. The van der Waals surface area contributed by atoms with Crippen LogP contribution in [0.1, 0.15) is 62.6 Å². The number of halogens is 1. The largest absolute Gasteiger partial charge is 0.481 e. The first-order valence-corrected chi connectivity index (χ1v) is 9.36. The van der Waals surface area contributed by atoms with Crippen LogP contribution in [0.15, 0.2) is 12.1 Å². The maximum Gasteiger partial charge on any atom is 0.309 e. The van der Waals surface area contributed by atoms with E-state index in [9.17, 15) is 20.1 Å². The lowest BCUT2D eigenvalue weighted by atomic mass is 9.49. The number of carboxylic acids is 1. The Kier molecular flexibility index (Phi) is 4.68. The van der Waals surface area contributed by atoms with Gasteiger partial charge >= 0.3 is 5.97 Å². The highest BCUT2D eigenvalue weighted by Gasteiger charge is 2.57. The van der Waals surface area contributed by atoms with Gasteiger partial charge in [-0.3, -0.25) is 4.79 Å². The first-order chi connectivity index (χ1) is 11.6. The van der Waals surface area contributed by atoms with Gasteiger partial charge in [-0.25, -0.2) is 0 Å². The standard InChI is InChI=1S/C20H27ClO4/c1-11(10-22)14-6-12-4-5-17-19(2,15(12)7-16(14)21)8-13(23)9-20(17,3)18(24)25/h6-7,11,13,17,22-23H,4-5,8-10H2,1-3H3,(H,24,25)/t11-,13-,17-,19-,20-/m1/s1. The molecule has 4 nitrogen and oxygen atoms in total. The van der Waals surface area contributed by atoms with E-state index in [1.54, 1.807) is 6.92 Å². The van der Waals surface area contributed by atoms with Gasteiger partial charge in [0.05, 0.1) is 11.5 Å². The van der Waals surface area contributed by atoms with E-state index >= 15 is 0 Å². The highest BCUT2D eigenvalue weighted by molar-refractivity contribution is 6.31. The van der Waals surface area contributed by atoms with Crippen molar-refractivity contribution in [2.24, 2.45) is 11.3 Å². The molecule has 1 saturated carbocycles. The summed E-state index contributed by atoms with van der Waals surface area (Å²) in [7, 11) is 0. The van der Waals surface area contributed by atoms with E-state index in [0.29, 0.717) is 17.9 Å². The number of hydrogen-bond acceptors (Lipinski definition) is 3. The van der Waals surface area contributed by atoms with Crippen LogP contribution in [0.2, 0.25) is 5.02 Å². The minimum absolute atomic E-state index is 0.0359. The molecular weight excluding hydrogens is 340 g/mol. The van der Waals surface area contributed by atoms with E-state index in [1.807, 2.05) is 13.0 Å². The minimum Gasteiger partial charge on any atom is -0.481 e. The van der Waals surface area contributed by atoms with Crippen molar-refractivity contribution in [3.8, 4) is 0 Å². The highest BCUT2D eigenvalue weighted by atomic mass is 35.5. The van der Waals surface area contributed by atoms with Crippen LogP contribution in [-0.2, 0) is 16.6 Å². The quantitative estimate of drug-likeness (QED) is 0.765. The fourth-order valence-electron chi connectivity index (χ4n) is 5.36. The van der Waals surface area contributed by atoms with Gasteiger partial charge in [0.15, 0.2) is 0 Å². The minimum atomic E-state index is -0.937. The predicted octanol–water partition coefficient (Wildman–Crippen LogP) is 3.50. The third-order valence-electron chi connectivity index (χ3n) is 6.69. The second-order valence-electron chi connectivity index (χ2n) is 8.41. The second kappa shape index (κ2) is 6.26. The summed E-state index contributed by atoms with van der Waals surface area (Å²) in [6, 6.07) is 4.02. The Morgan fingerprint density at radius 3 is 2.64 bits per heavy atom. The number of aliphatic hydroxyl groups is 2. The molecule has 3 N–H and O–H groups in total. The Hall–Kier alpha value is -1.10. The number of aryl methyl sites for hydroxylation is 1. The Morgan fingerprint density at radius 2 is 2.04 bits per heavy atom. The van der Waals surface area contributed by atoms with E-state index in [1.165, 1.54) is 5.56 Å². The van der Waals surface area contributed by atoms with Crippen molar-refractivity contribution < 1.29 is 20.1 Å². The van der Waals surface area contributed by atoms with Gasteiger partial charge in [-0.15, -0.1) is 0 Å². The predicted molar refractivity (Wildman–Crippen MR) is 97.1 cm³/mol. The number of fused-ring (bicyclic) bond motifs is 3.